The minimum absolute atomic E-state index is 0.129. The molecule has 27 heavy (non-hydrogen) atoms. The lowest BCUT2D eigenvalue weighted by Crippen LogP contribution is -2.47. The first-order valence-corrected chi connectivity index (χ1v) is 9.84. The maximum atomic E-state index is 12.7. The summed E-state index contributed by atoms with van der Waals surface area (Å²) in [5.41, 5.74) is 1.84. The molecule has 1 N–H and O–H groups in total. The maximum absolute atomic E-state index is 12.7. The summed E-state index contributed by atoms with van der Waals surface area (Å²) in [7, 11) is 0. The van der Waals surface area contributed by atoms with Crippen LogP contribution < -0.4 is 5.32 Å². The van der Waals surface area contributed by atoms with Gasteiger partial charge in [-0.05, 0) is 18.6 Å². The van der Waals surface area contributed by atoms with Gasteiger partial charge in [0, 0.05) is 36.9 Å². The van der Waals surface area contributed by atoms with Crippen molar-refractivity contribution in [3.63, 3.8) is 0 Å². The Balaban J connectivity index is 1.38. The fourth-order valence-electron chi connectivity index (χ4n) is 3.42. The smallest absolute Gasteiger partial charge is 0.273 e. The minimum Gasteiger partial charge on any atom is -0.347 e. The number of anilines is 1. The van der Waals surface area contributed by atoms with E-state index in [0.717, 1.165) is 5.56 Å². The number of rotatable bonds is 3. The summed E-state index contributed by atoms with van der Waals surface area (Å²) in [6, 6.07) is 7.35. The predicted molar refractivity (Wildman–Crippen MR) is 101 cm³/mol. The van der Waals surface area contributed by atoms with Crippen molar-refractivity contribution in [1.29, 1.82) is 0 Å². The highest BCUT2D eigenvalue weighted by Crippen LogP contribution is 2.32. The molecule has 2 aromatic rings. The van der Waals surface area contributed by atoms with Gasteiger partial charge in [-0.2, -0.15) is 0 Å². The molecule has 7 nitrogen and oxygen atoms in total. The molecule has 0 aliphatic carbocycles. The number of nitrogens with zero attached hydrogens (tertiary/aromatic N) is 2. The third-order valence-corrected chi connectivity index (χ3v) is 5.72. The molecule has 4 rings (SSSR count). The van der Waals surface area contributed by atoms with E-state index in [-0.39, 0.29) is 11.8 Å². The lowest BCUT2D eigenvalue weighted by molar-refractivity contribution is -0.181. The second kappa shape index (κ2) is 7.38. The van der Waals surface area contributed by atoms with Crippen LogP contribution in [0.4, 0.5) is 5.13 Å². The molecule has 142 valence electrons. The van der Waals surface area contributed by atoms with Crippen LogP contribution >= 0.6 is 11.3 Å². The summed E-state index contributed by atoms with van der Waals surface area (Å²) in [6.07, 6.45) is 1.33. The van der Waals surface area contributed by atoms with Gasteiger partial charge in [0.15, 0.2) is 10.9 Å². The summed E-state index contributed by atoms with van der Waals surface area (Å²) in [5, 5.41) is 4.88. The molecule has 0 saturated carbocycles. The minimum atomic E-state index is -0.508. The van der Waals surface area contributed by atoms with E-state index in [1.165, 1.54) is 11.3 Å². The van der Waals surface area contributed by atoms with Gasteiger partial charge in [0.25, 0.3) is 11.8 Å². The Labute approximate surface area is 161 Å². The van der Waals surface area contributed by atoms with Gasteiger partial charge in [0.05, 0.1) is 13.2 Å². The molecule has 1 spiro atoms. The number of thiazole rings is 1. The van der Waals surface area contributed by atoms with Crippen molar-refractivity contribution in [3.05, 3.63) is 46.5 Å². The number of aromatic nitrogens is 1. The van der Waals surface area contributed by atoms with Gasteiger partial charge < -0.3 is 14.4 Å². The molecule has 8 heteroatoms. The Morgan fingerprint density at radius 3 is 2.59 bits per heavy atom. The zero-order valence-corrected chi connectivity index (χ0v) is 15.9. The van der Waals surface area contributed by atoms with Crippen LogP contribution in [-0.4, -0.2) is 53.8 Å². The monoisotopic (exact) mass is 387 g/mol. The first-order chi connectivity index (χ1) is 13.1. The van der Waals surface area contributed by atoms with Crippen LogP contribution in [0.1, 0.15) is 39.3 Å². The molecular weight excluding hydrogens is 366 g/mol. The first kappa shape index (κ1) is 18.1. The number of amides is 2. The van der Waals surface area contributed by atoms with E-state index in [2.05, 4.69) is 10.3 Å². The largest absolute Gasteiger partial charge is 0.347 e. The van der Waals surface area contributed by atoms with E-state index < -0.39 is 5.79 Å². The Morgan fingerprint density at radius 1 is 1.19 bits per heavy atom. The van der Waals surface area contributed by atoms with Crippen molar-refractivity contribution >= 4 is 28.3 Å². The van der Waals surface area contributed by atoms with Crippen LogP contribution in [0.25, 0.3) is 0 Å². The molecular formula is C19H21N3O4S. The Morgan fingerprint density at radius 2 is 1.89 bits per heavy atom. The molecule has 0 atom stereocenters. The molecule has 3 heterocycles. The molecule has 1 aromatic carbocycles. The van der Waals surface area contributed by atoms with Gasteiger partial charge in [0.1, 0.15) is 5.69 Å². The topological polar surface area (TPSA) is 80.8 Å². The van der Waals surface area contributed by atoms with Crippen molar-refractivity contribution in [2.24, 2.45) is 0 Å². The number of piperidine rings is 1. The maximum Gasteiger partial charge on any atom is 0.273 e. The number of carbonyl (C=O) groups excluding carboxylic acids is 2. The average molecular weight is 387 g/mol. The van der Waals surface area contributed by atoms with Crippen LogP contribution in [0, 0.1) is 6.92 Å². The standard InChI is InChI=1S/C19H21N3O4S/c1-13-4-2-3-5-14(13)16(23)21-18-20-15(12-27-18)17(24)22-8-6-19(7-9-22)25-10-11-26-19/h2-5,12H,6-11H2,1H3,(H,20,21,23). The molecule has 2 aliphatic rings. The van der Waals surface area contributed by atoms with Gasteiger partial charge in [-0.15, -0.1) is 11.3 Å². The normalized spacial score (nSPS) is 18.6. The fourth-order valence-corrected chi connectivity index (χ4v) is 4.10. The third kappa shape index (κ3) is 3.73. The van der Waals surface area contributed by atoms with Crippen LogP contribution in [0.3, 0.4) is 0 Å². The molecule has 0 radical (unpaired) electrons. The summed E-state index contributed by atoms with van der Waals surface area (Å²) in [5.74, 6) is -0.863. The zero-order valence-electron chi connectivity index (χ0n) is 15.1. The molecule has 2 aliphatic heterocycles. The second-order valence-corrected chi connectivity index (χ2v) is 7.56. The van der Waals surface area contributed by atoms with Crippen molar-refractivity contribution in [3.8, 4) is 0 Å². The number of carbonyl (C=O) groups is 2. The van der Waals surface area contributed by atoms with E-state index in [0.29, 0.717) is 55.5 Å². The van der Waals surface area contributed by atoms with Gasteiger partial charge in [-0.25, -0.2) is 4.98 Å². The van der Waals surface area contributed by atoms with E-state index in [9.17, 15) is 9.59 Å². The number of hydrogen-bond donors (Lipinski definition) is 1. The van der Waals surface area contributed by atoms with Crippen LogP contribution in [0.15, 0.2) is 29.6 Å². The van der Waals surface area contributed by atoms with Crippen molar-refractivity contribution in [1.82, 2.24) is 9.88 Å². The van der Waals surface area contributed by atoms with E-state index in [1.807, 2.05) is 25.1 Å². The highest BCUT2D eigenvalue weighted by atomic mass is 32.1. The van der Waals surface area contributed by atoms with E-state index in [4.69, 9.17) is 9.47 Å². The van der Waals surface area contributed by atoms with Gasteiger partial charge >= 0.3 is 0 Å². The van der Waals surface area contributed by atoms with Gasteiger partial charge in [-0.1, -0.05) is 18.2 Å². The van der Waals surface area contributed by atoms with Crippen molar-refractivity contribution in [2.45, 2.75) is 25.6 Å². The van der Waals surface area contributed by atoms with Crippen molar-refractivity contribution in [2.75, 3.05) is 31.6 Å². The summed E-state index contributed by atoms with van der Waals surface area (Å²) < 4.78 is 11.4. The number of ether oxygens (including phenoxy) is 2. The van der Waals surface area contributed by atoms with E-state index in [1.54, 1.807) is 16.3 Å². The highest BCUT2D eigenvalue weighted by Gasteiger charge is 2.41. The summed E-state index contributed by atoms with van der Waals surface area (Å²) in [4.78, 5) is 31.2. The molecule has 1 aromatic heterocycles. The second-order valence-electron chi connectivity index (χ2n) is 6.71. The number of aryl methyl sites for hydroxylation is 1. The quantitative estimate of drug-likeness (QED) is 0.876. The molecule has 2 amide bonds. The number of hydrogen-bond acceptors (Lipinski definition) is 6. The summed E-state index contributed by atoms with van der Waals surface area (Å²) in [6.45, 7) is 4.25. The van der Waals surface area contributed by atoms with Gasteiger partial charge in [0.2, 0.25) is 0 Å². The van der Waals surface area contributed by atoms with Crippen LogP contribution in [-0.2, 0) is 9.47 Å². The predicted octanol–water partition coefficient (Wildman–Crippen LogP) is 2.68. The number of benzene rings is 1. The first-order valence-electron chi connectivity index (χ1n) is 8.96. The van der Waals surface area contributed by atoms with Gasteiger partial charge in [-0.3, -0.25) is 14.9 Å². The third-order valence-electron chi connectivity index (χ3n) is 4.96. The summed E-state index contributed by atoms with van der Waals surface area (Å²) >= 11 is 1.25. The number of nitrogens with one attached hydrogen (secondary N) is 1. The van der Waals surface area contributed by atoms with Crippen LogP contribution in [0.5, 0.6) is 0 Å². The molecule has 2 saturated heterocycles. The zero-order chi connectivity index (χ0) is 18.9. The fraction of sp³-hybridized carbons (Fsp3) is 0.421. The molecule has 0 bridgehead atoms. The van der Waals surface area contributed by atoms with Crippen LogP contribution in [0.2, 0.25) is 0 Å². The molecule has 0 unspecified atom stereocenters. The lowest BCUT2D eigenvalue weighted by atomic mass is 10.0. The SMILES string of the molecule is Cc1ccccc1C(=O)Nc1nc(C(=O)N2CCC3(CC2)OCCO3)cs1. The number of likely N-dealkylation sites (tertiary alicyclic amines) is 1. The average Bonchev–Trinajstić information content (AvgIpc) is 3.32. The van der Waals surface area contributed by atoms with Crippen molar-refractivity contribution < 1.29 is 19.1 Å². The Bertz CT molecular complexity index is 850. The van der Waals surface area contributed by atoms with E-state index >= 15 is 0 Å². The Hall–Kier alpha value is -2.29. The Kier molecular flexibility index (Phi) is 4.94. The molecule has 2 fully saturated rings. The lowest BCUT2D eigenvalue weighted by Gasteiger charge is -2.37. The highest BCUT2D eigenvalue weighted by molar-refractivity contribution is 7.14.